The Hall–Kier alpha value is -0.720. The van der Waals surface area contributed by atoms with E-state index in [1.165, 1.54) is 11.3 Å². The Morgan fingerprint density at radius 2 is 2.26 bits per heavy atom. The van der Waals surface area contributed by atoms with Crippen molar-refractivity contribution in [2.24, 2.45) is 5.92 Å². The van der Waals surface area contributed by atoms with Crippen LogP contribution >= 0.6 is 23.6 Å². The van der Waals surface area contributed by atoms with Gasteiger partial charge in [-0.1, -0.05) is 12.8 Å². The van der Waals surface area contributed by atoms with Gasteiger partial charge in [-0.15, -0.1) is 11.3 Å². The summed E-state index contributed by atoms with van der Waals surface area (Å²) in [7, 11) is 0. The molecule has 0 aliphatic heterocycles. The zero-order valence-corrected chi connectivity index (χ0v) is 12.7. The maximum atomic E-state index is 11.9. The number of hydrogen-bond donors (Lipinski definition) is 3. The van der Waals surface area contributed by atoms with Crippen molar-refractivity contribution in [1.29, 1.82) is 0 Å². The van der Waals surface area contributed by atoms with Crippen LogP contribution in [0.4, 0.5) is 0 Å². The normalized spacial score (nSPS) is 23.3. The summed E-state index contributed by atoms with van der Waals surface area (Å²) < 4.78 is 0.711. The largest absolute Gasteiger partial charge is 0.393 e. The highest BCUT2D eigenvalue weighted by atomic mass is 32.1. The average molecular weight is 300 g/mol. The van der Waals surface area contributed by atoms with E-state index in [9.17, 15) is 9.90 Å². The Morgan fingerprint density at radius 3 is 2.89 bits per heavy atom. The van der Waals surface area contributed by atoms with E-state index in [1.54, 1.807) is 0 Å². The lowest BCUT2D eigenvalue weighted by molar-refractivity contribution is -0.120. The molecule has 3 N–H and O–H groups in total. The Labute approximate surface area is 122 Å². The van der Waals surface area contributed by atoms with Crippen LogP contribution in [0.5, 0.6) is 0 Å². The van der Waals surface area contributed by atoms with Gasteiger partial charge in [0.1, 0.15) is 0 Å². The standard InChI is InChI=1S/C13H20N2O2S2/c1-8-11(19-13(18)15-8)6-12(17)14-7-9-4-2-3-5-10(9)16/h9-10,16H,2-7H2,1H3,(H,14,17)(H,15,18)/t9-,10-/m0/s1. The van der Waals surface area contributed by atoms with Gasteiger partial charge in [-0.3, -0.25) is 4.79 Å². The number of aliphatic hydroxyl groups is 1. The van der Waals surface area contributed by atoms with E-state index in [0.717, 1.165) is 36.3 Å². The zero-order valence-electron chi connectivity index (χ0n) is 11.1. The van der Waals surface area contributed by atoms with Crippen molar-refractivity contribution >= 4 is 29.5 Å². The minimum atomic E-state index is -0.259. The van der Waals surface area contributed by atoms with Gasteiger partial charge in [0.05, 0.1) is 12.5 Å². The molecule has 0 unspecified atom stereocenters. The highest BCUT2D eigenvalue weighted by Crippen LogP contribution is 2.23. The number of hydrogen-bond acceptors (Lipinski definition) is 4. The summed E-state index contributed by atoms with van der Waals surface area (Å²) in [5.41, 5.74) is 0.975. The molecule has 19 heavy (non-hydrogen) atoms. The van der Waals surface area contributed by atoms with Crippen molar-refractivity contribution in [2.45, 2.75) is 45.1 Å². The molecule has 2 rings (SSSR count). The highest BCUT2D eigenvalue weighted by molar-refractivity contribution is 7.73. The maximum Gasteiger partial charge on any atom is 0.225 e. The van der Waals surface area contributed by atoms with Crippen molar-refractivity contribution in [3.05, 3.63) is 14.5 Å². The lowest BCUT2D eigenvalue weighted by Crippen LogP contribution is -2.37. The summed E-state index contributed by atoms with van der Waals surface area (Å²) >= 11 is 6.51. The van der Waals surface area contributed by atoms with Crippen molar-refractivity contribution in [3.63, 3.8) is 0 Å². The summed E-state index contributed by atoms with van der Waals surface area (Å²) in [6, 6.07) is 0. The molecule has 0 radical (unpaired) electrons. The topological polar surface area (TPSA) is 65.1 Å². The van der Waals surface area contributed by atoms with E-state index in [2.05, 4.69) is 10.3 Å². The van der Waals surface area contributed by atoms with Crippen LogP contribution in [0.2, 0.25) is 0 Å². The molecule has 1 aromatic heterocycles. The summed E-state index contributed by atoms with van der Waals surface area (Å²) in [5.74, 6) is 0.217. The van der Waals surface area contributed by atoms with Gasteiger partial charge in [0, 0.05) is 23.0 Å². The van der Waals surface area contributed by atoms with Crippen LogP contribution in [0.15, 0.2) is 0 Å². The number of aromatic amines is 1. The van der Waals surface area contributed by atoms with Gasteiger partial charge in [-0.05, 0) is 32.0 Å². The van der Waals surface area contributed by atoms with Crippen molar-refractivity contribution in [2.75, 3.05) is 6.54 Å². The second-order valence-corrected chi connectivity index (χ2v) is 6.93. The third-order valence-corrected chi connectivity index (χ3v) is 5.01. The number of thiazole rings is 1. The molecule has 106 valence electrons. The Kier molecular flexibility index (Phi) is 5.13. The molecule has 6 heteroatoms. The van der Waals surface area contributed by atoms with E-state index in [1.807, 2.05) is 6.92 Å². The van der Waals surface area contributed by atoms with Crippen LogP contribution in [0.25, 0.3) is 0 Å². The van der Waals surface area contributed by atoms with Crippen molar-refractivity contribution < 1.29 is 9.90 Å². The molecule has 1 aromatic rings. The number of H-pyrrole nitrogens is 1. The Morgan fingerprint density at radius 1 is 1.53 bits per heavy atom. The molecular formula is C13H20N2O2S2. The summed E-state index contributed by atoms with van der Waals surface area (Å²) in [6.45, 7) is 2.51. The van der Waals surface area contributed by atoms with Crippen LogP contribution in [0, 0.1) is 16.8 Å². The molecule has 1 fully saturated rings. The van der Waals surface area contributed by atoms with E-state index in [-0.39, 0.29) is 17.9 Å². The number of amides is 1. The first kappa shape index (κ1) is 14.7. The lowest BCUT2D eigenvalue weighted by atomic mass is 9.86. The number of carbonyl (C=O) groups is 1. The Balaban J connectivity index is 1.81. The molecule has 1 heterocycles. The molecule has 1 amide bonds. The molecule has 0 aromatic carbocycles. The number of aryl methyl sites for hydroxylation is 1. The molecule has 1 aliphatic rings. The summed E-state index contributed by atoms with van der Waals surface area (Å²) in [5, 5.41) is 12.8. The smallest absolute Gasteiger partial charge is 0.225 e. The second kappa shape index (κ2) is 6.63. The zero-order chi connectivity index (χ0) is 13.8. The van der Waals surface area contributed by atoms with Crippen molar-refractivity contribution in [1.82, 2.24) is 10.3 Å². The molecule has 2 atom stereocenters. The van der Waals surface area contributed by atoms with E-state index in [4.69, 9.17) is 12.2 Å². The Bertz CT molecular complexity index is 495. The number of aliphatic hydroxyl groups excluding tert-OH is 1. The van der Waals surface area contributed by atoms with Crippen molar-refractivity contribution in [3.8, 4) is 0 Å². The van der Waals surface area contributed by atoms with E-state index < -0.39 is 0 Å². The predicted octanol–water partition coefficient (Wildman–Crippen LogP) is 2.32. The molecular weight excluding hydrogens is 280 g/mol. The maximum absolute atomic E-state index is 11.9. The van der Waals surface area contributed by atoms with Crippen LogP contribution in [-0.2, 0) is 11.2 Å². The fourth-order valence-electron chi connectivity index (χ4n) is 2.48. The van der Waals surface area contributed by atoms with Crippen LogP contribution in [0.1, 0.15) is 36.3 Å². The van der Waals surface area contributed by atoms with Gasteiger partial charge in [-0.2, -0.15) is 0 Å². The van der Waals surface area contributed by atoms with Gasteiger partial charge < -0.3 is 15.4 Å². The lowest BCUT2D eigenvalue weighted by Gasteiger charge is -2.27. The first-order chi connectivity index (χ1) is 9.06. The molecule has 1 saturated carbocycles. The van der Waals surface area contributed by atoms with Gasteiger partial charge in [0.2, 0.25) is 5.91 Å². The first-order valence-corrected chi connectivity index (χ1v) is 7.92. The minimum Gasteiger partial charge on any atom is -0.393 e. The third-order valence-electron chi connectivity index (χ3n) is 3.68. The highest BCUT2D eigenvalue weighted by Gasteiger charge is 2.23. The molecule has 0 bridgehead atoms. The quantitative estimate of drug-likeness (QED) is 0.748. The minimum absolute atomic E-state index is 0.00567. The number of carbonyl (C=O) groups excluding carboxylic acids is 1. The molecule has 1 aliphatic carbocycles. The fourth-order valence-corrected chi connectivity index (χ4v) is 3.78. The van der Waals surface area contributed by atoms with Gasteiger partial charge in [0.15, 0.2) is 3.95 Å². The number of nitrogens with one attached hydrogen (secondary N) is 2. The van der Waals surface area contributed by atoms with Gasteiger partial charge >= 0.3 is 0 Å². The van der Waals surface area contributed by atoms with Gasteiger partial charge in [-0.25, -0.2) is 0 Å². The van der Waals surface area contributed by atoms with Crippen LogP contribution in [-0.4, -0.2) is 28.6 Å². The predicted molar refractivity (Wildman–Crippen MR) is 78.9 cm³/mol. The third kappa shape index (κ3) is 4.12. The number of rotatable bonds is 4. The molecule has 0 spiro atoms. The summed E-state index contributed by atoms with van der Waals surface area (Å²) in [4.78, 5) is 15.9. The van der Waals surface area contributed by atoms with E-state index in [0.29, 0.717) is 16.9 Å². The average Bonchev–Trinajstić information content (AvgIpc) is 2.67. The SMILES string of the molecule is Cc1[nH]c(=S)sc1CC(=O)NC[C@@H]1CCCC[C@@H]1O. The van der Waals surface area contributed by atoms with Crippen LogP contribution < -0.4 is 5.32 Å². The molecule has 0 saturated heterocycles. The summed E-state index contributed by atoms with van der Waals surface area (Å²) in [6.07, 6.45) is 4.22. The fraction of sp³-hybridized carbons (Fsp3) is 0.692. The monoisotopic (exact) mass is 300 g/mol. The molecule has 4 nitrogen and oxygen atoms in total. The van der Waals surface area contributed by atoms with Gasteiger partial charge in [0.25, 0.3) is 0 Å². The first-order valence-electron chi connectivity index (χ1n) is 6.69. The number of aromatic nitrogens is 1. The van der Waals surface area contributed by atoms with Crippen LogP contribution in [0.3, 0.4) is 0 Å². The second-order valence-electron chi connectivity index (χ2n) is 5.16. The van der Waals surface area contributed by atoms with E-state index >= 15 is 0 Å².